The lowest BCUT2D eigenvalue weighted by atomic mass is 10.1. The Morgan fingerprint density at radius 1 is 1.35 bits per heavy atom. The number of aromatic hydroxyl groups is 2. The fraction of sp³-hybridized carbons (Fsp3) is 0.417. The van der Waals surface area contributed by atoms with Crippen LogP contribution in [0.1, 0.15) is 25.5 Å². The van der Waals surface area contributed by atoms with E-state index >= 15 is 0 Å². The van der Waals surface area contributed by atoms with Crippen molar-refractivity contribution >= 4 is 5.97 Å². The molecule has 3 N–H and O–H groups in total. The predicted molar refractivity (Wildman–Crippen MR) is 62.8 cm³/mol. The molecule has 2 atom stereocenters. The summed E-state index contributed by atoms with van der Waals surface area (Å²) >= 11 is 0. The SMILES string of the molecule is COC(=O)[C@H](C)NC(C)c1cc(O)ccc1O. The van der Waals surface area contributed by atoms with Crippen LogP contribution in [0.25, 0.3) is 0 Å². The van der Waals surface area contributed by atoms with Crippen molar-refractivity contribution in [1.82, 2.24) is 5.32 Å². The number of ether oxygens (including phenoxy) is 1. The summed E-state index contributed by atoms with van der Waals surface area (Å²) in [6.45, 7) is 3.45. The smallest absolute Gasteiger partial charge is 0.322 e. The first-order chi connectivity index (χ1) is 7.95. The topological polar surface area (TPSA) is 78.8 Å². The van der Waals surface area contributed by atoms with Gasteiger partial charge in [0.25, 0.3) is 0 Å². The minimum Gasteiger partial charge on any atom is -0.508 e. The van der Waals surface area contributed by atoms with Crippen LogP contribution in [0, 0.1) is 0 Å². The molecule has 1 aromatic rings. The van der Waals surface area contributed by atoms with Gasteiger partial charge in [0, 0.05) is 11.6 Å². The molecule has 94 valence electrons. The average Bonchev–Trinajstić information content (AvgIpc) is 2.30. The van der Waals surface area contributed by atoms with Gasteiger partial charge in [-0.2, -0.15) is 0 Å². The van der Waals surface area contributed by atoms with Crippen LogP contribution in [0.2, 0.25) is 0 Å². The van der Waals surface area contributed by atoms with E-state index in [2.05, 4.69) is 10.1 Å². The molecule has 0 aliphatic carbocycles. The van der Waals surface area contributed by atoms with E-state index in [1.54, 1.807) is 13.8 Å². The number of benzene rings is 1. The number of hydrogen-bond donors (Lipinski definition) is 3. The molecule has 0 fully saturated rings. The van der Waals surface area contributed by atoms with Crippen LogP contribution in [-0.4, -0.2) is 29.3 Å². The van der Waals surface area contributed by atoms with Crippen molar-refractivity contribution in [2.24, 2.45) is 0 Å². The van der Waals surface area contributed by atoms with Crippen LogP contribution in [0.5, 0.6) is 11.5 Å². The minimum atomic E-state index is -0.489. The standard InChI is InChI=1S/C12H17NO4/c1-7(13-8(2)12(16)17-3)10-6-9(14)4-5-11(10)15/h4-8,13-15H,1-3H3/t7?,8-/m0/s1. The summed E-state index contributed by atoms with van der Waals surface area (Å²) in [6, 6.07) is 3.49. The van der Waals surface area contributed by atoms with Crippen LogP contribution in [0.15, 0.2) is 18.2 Å². The maximum Gasteiger partial charge on any atom is 0.322 e. The fourth-order valence-corrected chi connectivity index (χ4v) is 1.60. The molecule has 0 aliphatic rings. The van der Waals surface area contributed by atoms with Crippen LogP contribution in [0.4, 0.5) is 0 Å². The van der Waals surface area contributed by atoms with Gasteiger partial charge in [0.1, 0.15) is 17.5 Å². The molecule has 0 spiro atoms. The Morgan fingerprint density at radius 3 is 2.59 bits per heavy atom. The minimum absolute atomic E-state index is 0.0668. The van der Waals surface area contributed by atoms with Crippen molar-refractivity contribution in [3.63, 3.8) is 0 Å². The molecule has 0 aliphatic heterocycles. The van der Waals surface area contributed by atoms with Crippen molar-refractivity contribution in [1.29, 1.82) is 0 Å². The van der Waals surface area contributed by atoms with Gasteiger partial charge >= 0.3 is 5.97 Å². The Kier molecular flexibility index (Phi) is 4.34. The molecule has 5 nitrogen and oxygen atoms in total. The Morgan fingerprint density at radius 2 is 2.00 bits per heavy atom. The second-order valence-electron chi connectivity index (χ2n) is 3.88. The molecular formula is C12H17NO4. The summed E-state index contributed by atoms with van der Waals surface area (Å²) in [5, 5.41) is 22.0. The number of carbonyl (C=O) groups is 1. The lowest BCUT2D eigenvalue weighted by Gasteiger charge is -2.19. The summed E-state index contributed by atoms with van der Waals surface area (Å²) in [4.78, 5) is 11.2. The van der Waals surface area contributed by atoms with Gasteiger partial charge in [0.15, 0.2) is 0 Å². The number of rotatable bonds is 4. The molecule has 17 heavy (non-hydrogen) atoms. The number of nitrogens with one attached hydrogen (secondary N) is 1. The van der Waals surface area contributed by atoms with Crippen molar-refractivity contribution in [3.05, 3.63) is 23.8 Å². The largest absolute Gasteiger partial charge is 0.508 e. The van der Waals surface area contributed by atoms with E-state index in [0.717, 1.165) is 0 Å². The van der Waals surface area contributed by atoms with Gasteiger partial charge in [0.2, 0.25) is 0 Å². The zero-order valence-electron chi connectivity index (χ0n) is 10.1. The van der Waals surface area contributed by atoms with Crippen LogP contribution < -0.4 is 5.32 Å². The zero-order valence-corrected chi connectivity index (χ0v) is 10.1. The van der Waals surface area contributed by atoms with E-state index in [1.807, 2.05) is 0 Å². The zero-order chi connectivity index (χ0) is 13.0. The third kappa shape index (κ3) is 3.35. The molecule has 0 aromatic heterocycles. The number of phenols is 2. The second kappa shape index (κ2) is 5.54. The highest BCUT2D eigenvalue weighted by atomic mass is 16.5. The number of methoxy groups -OCH3 is 1. The molecule has 0 heterocycles. The highest BCUT2D eigenvalue weighted by molar-refractivity contribution is 5.75. The van der Waals surface area contributed by atoms with E-state index in [-0.39, 0.29) is 23.5 Å². The van der Waals surface area contributed by atoms with Gasteiger partial charge in [-0.05, 0) is 32.0 Å². The van der Waals surface area contributed by atoms with E-state index < -0.39 is 6.04 Å². The van der Waals surface area contributed by atoms with Crippen LogP contribution in [-0.2, 0) is 9.53 Å². The van der Waals surface area contributed by atoms with Gasteiger partial charge in [-0.15, -0.1) is 0 Å². The highest BCUT2D eigenvalue weighted by Gasteiger charge is 2.18. The van der Waals surface area contributed by atoms with E-state index in [1.165, 1.54) is 25.3 Å². The van der Waals surface area contributed by atoms with Crippen molar-refractivity contribution in [2.75, 3.05) is 7.11 Å². The maximum absolute atomic E-state index is 11.2. The van der Waals surface area contributed by atoms with E-state index in [9.17, 15) is 15.0 Å². The highest BCUT2D eigenvalue weighted by Crippen LogP contribution is 2.27. The quantitative estimate of drug-likeness (QED) is 0.545. The molecule has 0 bridgehead atoms. The normalized spacial score (nSPS) is 14.1. The molecule has 0 amide bonds. The number of phenolic OH excluding ortho intramolecular Hbond substituents is 2. The number of esters is 1. The Labute approximate surface area is 100 Å². The van der Waals surface area contributed by atoms with Crippen LogP contribution in [0.3, 0.4) is 0 Å². The molecule has 1 rings (SSSR count). The molecule has 5 heteroatoms. The van der Waals surface area contributed by atoms with Crippen molar-refractivity contribution < 1.29 is 19.7 Å². The van der Waals surface area contributed by atoms with Crippen molar-refractivity contribution in [3.8, 4) is 11.5 Å². The average molecular weight is 239 g/mol. The van der Waals surface area contributed by atoms with Gasteiger partial charge in [-0.3, -0.25) is 10.1 Å². The first-order valence-electron chi connectivity index (χ1n) is 5.31. The van der Waals surface area contributed by atoms with Gasteiger partial charge in [-0.25, -0.2) is 0 Å². The Balaban J connectivity index is 2.79. The lowest BCUT2D eigenvalue weighted by Crippen LogP contribution is -2.36. The first-order valence-corrected chi connectivity index (χ1v) is 5.31. The summed E-state index contributed by atoms with van der Waals surface area (Å²) in [6.07, 6.45) is 0. The van der Waals surface area contributed by atoms with Crippen LogP contribution >= 0.6 is 0 Å². The molecule has 0 radical (unpaired) electrons. The molecular weight excluding hydrogens is 222 g/mol. The Bertz CT molecular complexity index is 405. The number of carbonyl (C=O) groups excluding carboxylic acids is 1. The fourth-order valence-electron chi connectivity index (χ4n) is 1.60. The molecule has 0 saturated heterocycles. The second-order valence-corrected chi connectivity index (χ2v) is 3.88. The number of hydrogen-bond acceptors (Lipinski definition) is 5. The lowest BCUT2D eigenvalue weighted by molar-refractivity contribution is -0.142. The molecule has 0 saturated carbocycles. The maximum atomic E-state index is 11.2. The van der Waals surface area contributed by atoms with E-state index in [4.69, 9.17) is 0 Å². The third-order valence-electron chi connectivity index (χ3n) is 2.53. The van der Waals surface area contributed by atoms with Crippen molar-refractivity contribution in [2.45, 2.75) is 25.9 Å². The summed E-state index contributed by atoms with van der Waals surface area (Å²) < 4.78 is 4.59. The summed E-state index contributed by atoms with van der Waals surface area (Å²) in [7, 11) is 1.32. The summed E-state index contributed by atoms with van der Waals surface area (Å²) in [5.41, 5.74) is 0.528. The van der Waals surface area contributed by atoms with Gasteiger partial charge in [-0.1, -0.05) is 0 Å². The first kappa shape index (κ1) is 13.3. The summed E-state index contributed by atoms with van der Waals surface area (Å²) in [5.74, 6) is -0.242. The molecule has 1 unspecified atom stereocenters. The van der Waals surface area contributed by atoms with Gasteiger partial charge < -0.3 is 14.9 Å². The third-order valence-corrected chi connectivity index (χ3v) is 2.53. The predicted octanol–water partition coefficient (Wildman–Crippen LogP) is 1.31. The molecule has 1 aromatic carbocycles. The Hall–Kier alpha value is -1.75. The monoisotopic (exact) mass is 239 g/mol. The van der Waals surface area contributed by atoms with E-state index in [0.29, 0.717) is 5.56 Å². The van der Waals surface area contributed by atoms with Gasteiger partial charge in [0.05, 0.1) is 7.11 Å².